The molecule has 0 bridgehead atoms. The van der Waals surface area contributed by atoms with Gasteiger partial charge >= 0.3 is 0 Å². The van der Waals surface area contributed by atoms with Crippen molar-refractivity contribution in [2.45, 2.75) is 25.2 Å². The zero-order valence-corrected chi connectivity index (χ0v) is 16.6. The summed E-state index contributed by atoms with van der Waals surface area (Å²) in [6, 6.07) is 14.1. The minimum atomic E-state index is -0.0283. The van der Waals surface area contributed by atoms with E-state index in [0.29, 0.717) is 17.3 Å². The number of carbonyl (C=O) groups is 2. The van der Waals surface area contributed by atoms with Crippen LogP contribution in [0.5, 0.6) is 0 Å². The molecule has 2 heterocycles. The monoisotopic (exact) mass is 380 g/mol. The first kappa shape index (κ1) is 19.9. The topological polar surface area (TPSA) is 65.5 Å². The summed E-state index contributed by atoms with van der Waals surface area (Å²) in [6.45, 7) is 1.72. The molecule has 6 nitrogen and oxygen atoms in total. The number of amides is 2. The number of likely N-dealkylation sites (N-methyl/N-ethyl adjacent to an activating group) is 1. The number of nitrogens with zero attached hydrogens (tertiary/aromatic N) is 3. The fourth-order valence-electron chi connectivity index (χ4n) is 3.49. The molecule has 1 N–H and O–H groups in total. The van der Waals surface area contributed by atoms with Crippen LogP contribution < -0.4 is 5.32 Å². The number of nitrogens with one attached hydrogen (secondary N) is 1. The normalized spacial score (nSPS) is 16.9. The van der Waals surface area contributed by atoms with Gasteiger partial charge in [-0.25, -0.2) is 4.98 Å². The van der Waals surface area contributed by atoms with Crippen LogP contribution in [-0.4, -0.2) is 60.3 Å². The van der Waals surface area contributed by atoms with E-state index in [2.05, 4.69) is 34.6 Å². The van der Waals surface area contributed by atoms with Gasteiger partial charge in [-0.1, -0.05) is 30.3 Å². The van der Waals surface area contributed by atoms with Crippen LogP contribution in [0.25, 0.3) is 0 Å². The van der Waals surface area contributed by atoms with Crippen molar-refractivity contribution in [3.8, 4) is 0 Å². The molecule has 1 aromatic carbocycles. The molecule has 0 unspecified atom stereocenters. The molecule has 2 amide bonds. The number of hydrogen-bond donors (Lipinski definition) is 1. The largest absolute Gasteiger partial charge is 0.361 e. The number of benzene rings is 1. The lowest BCUT2D eigenvalue weighted by atomic mass is 9.92. The van der Waals surface area contributed by atoms with Crippen molar-refractivity contribution < 1.29 is 9.59 Å². The molecule has 0 radical (unpaired) electrons. The summed E-state index contributed by atoms with van der Waals surface area (Å²) in [5, 5.41) is 2.98. The van der Waals surface area contributed by atoms with E-state index in [1.54, 1.807) is 32.4 Å². The van der Waals surface area contributed by atoms with E-state index >= 15 is 0 Å². The fourth-order valence-corrected chi connectivity index (χ4v) is 3.49. The SMILES string of the molecule is CN(C)C(=O)CNc1ccc(C(=O)N2CCC[C@@H](c3ccccc3)CC2)cn1. The second-order valence-corrected chi connectivity index (χ2v) is 7.40. The molecule has 1 aliphatic rings. The molecule has 148 valence electrons. The van der Waals surface area contributed by atoms with Gasteiger partial charge in [0.15, 0.2) is 0 Å². The highest BCUT2D eigenvalue weighted by Gasteiger charge is 2.22. The number of carbonyl (C=O) groups excluding carboxylic acids is 2. The summed E-state index contributed by atoms with van der Waals surface area (Å²) < 4.78 is 0. The number of likely N-dealkylation sites (tertiary alicyclic amines) is 1. The van der Waals surface area contributed by atoms with Gasteiger partial charge in [0.2, 0.25) is 5.91 Å². The maximum atomic E-state index is 12.9. The number of aromatic nitrogens is 1. The predicted molar refractivity (Wildman–Crippen MR) is 110 cm³/mol. The van der Waals surface area contributed by atoms with Crippen LogP contribution in [0.2, 0.25) is 0 Å². The summed E-state index contributed by atoms with van der Waals surface area (Å²) in [5.74, 6) is 1.10. The van der Waals surface area contributed by atoms with E-state index in [4.69, 9.17) is 0 Å². The van der Waals surface area contributed by atoms with E-state index in [-0.39, 0.29) is 18.4 Å². The number of hydrogen-bond acceptors (Lipinski definition) is 4. The molecule has 0 aliphatic carbocycles. The van der Waals surface area contributed by atoms with Crippen LogP contribution in [0.3, 0.4) is 0 Å². The average Bonchev–Trinajstić information content (AvgIpc) is 2.98. The van der Waals surface area contributed by atoms with Gasteiger partial charge in [0, 0.05) is 33.4 Å². The molecule has 1 atom stereocenters. The highest BCUT2D eigenvalue weighted by Crippen LogP contribution is 2.28. The zero-order chi connectivity index (χ0) is 19.9. The number of anilines is 1. The average molecular weight is 380 g/mol. The lowest BCUT2D eigenvalue weighted by Crippen LogP contribution is -2.32. The minimum Gasteiger partial charge on any atom is -0.361 e. The van der Waals surface area contributed by atoms with Gasteiger partial charge in [0.25, 0.3) is 5.91 Å². The first-order valence-corrected chi connectivity index (χ1v) is 9.79. The number of rotatable bonds is 5. The van der Waals surface area contributed by atoms with Gasteiger partial charge < -0.3 is 15.1 Å². The molecule has 0 spiro atoms. The van der Waals surface area contributed by atoms with E-state index in [0.717, 1.165) is 32.4 Å². The van der Waals surface area contributed by atoms with E-state index in [9.17, 15) is 9.59 Å². The summed E-state index contributed by atoms with van der Waals surface area (Å²) in [7, 11) is 3.42. The Morgan fingerprint density at radius 3 is 2.57 bits per heavy atom. The van der Waals surface area contributed by atoms with Gasteiger partial charge in [0.05, 0.1) is 12.1 Å². The Morgan fingerprint density at radius 1 is 1.11 bits per heavy atom. The molecule has 1 aromatic heterocycles. The maximum Gasteiger partial charge on any atom is 0.255 e. The molecule has 1 aliphatic heterocycles. The summed E-state index contributed by atoms with van der Waals surface area (Å²) >= 11 is 0. The third-order valence-electron chi connectivity index (χ3n) is 5.22. The van der Waals surface area contributed by atoms with Gasteiger partial charge in [0.1, 0.15) is 5.82 Å². The van der Waals surface area contributed by atoms with Crippen molar-refractivity contribution >= 4 is 17.6 Å². The molecular weight excluding hydrogens is 352 g/mol. The van der Waals surface area contributed by atoms with Crippen molar-refractivity contribution in [3.63, 3.8) is 0 Å². The highest BCUT2D eigenvalue weighted by molar-refractivity contribution is 5.94. The van der Waals surface area contributed by atoms with Crippen LogP contribution in [0.1, 0.15) is 41.1 Å². The lowest BCUT2D eigenvalue weighted by Gasteiger charge is -2.21. The molecule has 28 heavy (non-hydrogen) atoms. The van der Waals surface area contributed by atoms with Crippen molar-refractivity contribution in [3.05, 3.63) is 59.8 Å². The molecule has 1 saturated heterocycles. The Morgan fingerprint density at radius 2 is 1.89 bits per heavy atom. The summed E-state index contributed by atoms with van der Waals surface area (Å²) in [6.07, 6.45) is 4.68. The van der Waals surface area contributed by atoms with E-state index in [1.807, 2.05) is 11.0 Å². The van der Waals surface area contributed by atoms with Gasteiger partial charge in [-0.15, -0.1) is 0 Å². The summed E-state index contributed by atoms with van der Waals surface area (Å²) in [5.41, 5.74) is 1.95. The number of pyridine rings is 1. The van der Waals surface area contributed by atoms with Gasteiger partial charge in [-0.05, 0) is 42.9 Å². The zero-order valence-electron chi connectivity index (χ0n) is 16.6. The second-order valence-electron chi connectivity index (χ2n) is 7.40. The van der Waals surface area contributed by atoms with Crippen LogP contribution in [0.15, 0.2) is 48.7 Å². The molecule has 0 saturated carbocycles. The maximum absolute atomic E-state index is 12.9. The van der Waals surface area contributed by atoms with Gasteiger partial charge in [-0.2, -0.15) is 0 Å². The van der Waals surface area contributed by atoms with E-state index < -0.39 is 0 Å². The second kappa shape index (κ2) is 9.35. The quantitative estimate of drug-likeness (QED) is 0.866. The predicted octanol–water partition coefficient (Wildman–Crippen LogP) is 2.99. The molecular formula is C22H28N4O2. The van der Waals surface area contributed by atoms with Crippen LogP contribution >= 0.6 is 0 Å². The molecule has 2 aromatic rings. The summed E-state index contributed by atoms with van der Waals surface area (Å²) in [4.78, 5) is 32.2. The minimum absolute atomic E-state index is 0.0251. The Balaban J connectivity index is 1.57. The molecule has 6 heteroatoms. The first-order valence-electron chi connectivity index (χ1n) is 9.79. The van der Waals surface area contributed by atoms with E-state index in [1.165, 1.54) is 10.5 Å². The van der Waals surface area contributed by atoms with Gasteiger partial charge in [-0.3, -0.25) is 9.59 Å². The molecule has 3 rings (SSSR count). The van der Waals surface area contributed by atoms with Crippen LogP contribution in [-0.2, 0) is 4.79 Å². The first-order chi connectivity index (χ1) is 13.5. The van der Waals surface area contributed by atoms with Crippen molar-refractivity contribution in [1.82, 2.24) is 14.8 Å². The highest BCUT2D eigenvalue weighted by atomic mass is 16.2. The fraction of sp³-hybridized carbons (Fsp3) is 0.409. The standard InChI is InChI=1S/C22H28N4O2/c1-25(2)21(27)16-24-20-11-10-19(15-23-20)22(28)26-13-6-9-18(12-14-26)17-7-4-3-5-8-17/h3-5,7-8,10-11,15,18H,6,9,12-14,16H2,1-2H3,(H,23,24)/t18-/m1/s1. The lowest BCUT2D eigenvalue weighted by molar-refractivity contribution is -0.126. The van der Waals surface area contributed by atoms with Crippen LogP contribution in [0.4, 0.5) is 5.82 Å². The smallest absolute Gasteiger partial charge is 0.255 e. The molecule has 1 fully saturated rings. The third-order valence-corrected chi connectivity index (χ3v) is 5.22. The van der Waals surface area contributed by atoms with Crippen molar-refractivity contribution in [2.24, 2.45) is 0 Å². The van der Waals surface area contributed by atoms with Crippen LogP contribution in [0, 0.1) is 0 Å². The van der Waals surface area contributed by atoms with Crippen molar-refractivity contribution in [2.75, 3.05) is 39.0 Å². The Hall–Kier alpha value is -2.89. The Bertz CT molecular complexity index is 790. The Labute approximate surface area is 166 Å². The third kappa shape index (κ3) is 5.09. The van der Waals surface area contributed by atoms with Crippen molar-refractivity contribution in [1.29, 1.82) is 0 Å². The Kier molecular flexibility index (Phi) is 6.63.